The Balaban J connectivity index is 2.04. The standard InChI is InChI=1S/C18H22N2O4S/c1-18(2,3)13-25(22,23)20-17(21)15-7-4-8-16(10-15)24-12-14-6-5-9-19-11-14/h4-11H,12-13H2,1-3H3,(H,20,21). The maximum absolute atomic E-state index is 12.2. The fourth-order valence-electron chi connectivity index (χ4n) is 2.18. The molecule has 25 heavy (non-hydrogen) atoms. The molecule has 134 valence electrons. The molecule has 6 nitrogen and oxygen atoms in total. The average Bonchev–Trinajstić information content (AvgIpc) is 2.51. The van der Waals surface area contributed by atoms with Gasteiger partial charge in [0, 0.05) is 23.5 Å². The van der Waals surface area contributed by atoms with E-state index in [4.69, 9.17) is 4.74 Å². The van der Waals surface area contributed by atoms with Crippen LogP contribution in [-0.2, 0) is 16.6 Å². The maximum Gasteiger partial charge on any atom is 0.264 e. The van der Waals surface area contributed by atoms with Gasteiger partial charge in [0.1, 0.15) is 12.4 Å². The highest BCUT2D eigenvalue weighted by molar-refractivity contribution is 7.90. The van der Waals surface area contributed by atoms with Crippen molar-refractivity contribution in [2.24, 2.45) is 5.41 Å². The Bertz CT molecular complexity index is 828. The van der Waals surface area contributed by atoms with Gasteiger partial charge in [0.05, 0.1) is 5.75 Å². The van der Waals surface area contributed by atoms with Crippen LogP contribution >= 0.6 is 0 Å². The Morgan fingerprint density at radius 1 is 1.20 bits per heavy atom. The third kappa shape index (κ3) is 6.54. The Morgan fingerprint density at radius 2 is 1.96 bits per heavy atom. The van der Waals surface area contributed by atoms with Gasteiger partial charge in [-0.1, -0.05) is 32.9 Å². The van der Waals surface area contributed by atoms with Gasteiger partial charge < -0.3 is 4.74 Å². The third-order valence-corrected chi connectivity index (χ3v) is 4.84. The van der Waals surface area contributed by atoms with Crippen molar-refractivity contribution in [3.8, 4) is 5.75 Å². The second-order valence-electron chi connectivity index (χ2n) is 6.93. The fraction of sp³-hybridized carbons (Fsp3) is 0.333. The van der Waals surface area contributed by atoms with E-state index in [-0.39, 0.29) is 11.3 Å². The highest BCUT2D eigenvalue weighted by atomic mass is 32.2. The van der Waals surface area contributed by atoms with Crippen LogP contribution < -0.4 is 9.46 Å². The lowest BCUT2D eigenvalue weighted by molar-refractivity contribution is 0.0980. The molecule has 0 aliphatic heterocycles. The van der Waals surface area contributed by atoms with E-state index in [0.717, 1.165) is 5.56 Å². The number of carbonyl (C=O) groups excluding carboxylic acids is 1. The normalized spacial score (nSPS) is 11.8. The molecule has 0 atom stereocenters. The molecule has 0 fully saturated rings. The molecule has 0 bridgehead atoms. The summed E-state index contributed by atoms with van der Waals surface area (Å²) in [4.78, 5) is 16.2. The van der Waals surface area contributed by atoms with E-state index >= 15 is 0 Å². The summed E-state index contributed by atoms with van der Waals surface area (Å²) < 4.78 is 31.8. The van der Waals surface area contributed by atoms with E-state index in [1.165, 1.54) is 6.07 Å². The van der Waals surface area contributed by atoms with Gasteiger partial charge in [0.25, 0.3) is 5.91 Å². The summed E-state index contributed by atoms with van der Waals surface area (Å²) in [6.45, 7) is 5.69. The Labute approximate surface area is 148 Å². The minimum atomic E-state index is -3.70. The van der Waals surface area contributed by atoms with Gasteiger partial charge in [-0.15, -0.1) is 0 Å². The lowest BCUT2D eigenvalue weighted by Gasteiger charge is -2.18. The zero-order valence-electron chi connectivity index (χ0n) is 14.5. The SMILES string of the molecule is CC(C)(C)CS(=O)(=O)NC(=O)c1cccc(OCc2cccnc2)c1. The quantitative estimate of drug-likeness (QED) is 0.854. The summed E-state index contributed by atoms with van der Waals surface area (Å²) in [5.41, 5.74) is 0.673. The average molecular weight is 362 g/mol. The lowest BCUT2D eigenvalue weighted by atomic mass is 10.0. The highest BCUT2D eigenvalue weighted by Crippen LogP contribution is 2.17. The van der Waals surface area contributed by atoms with Crippen LogP contribution in [0.1, 0.15) is 36.7 Å². The van der Waals surface area contributed by atoms with Crippen molar-refractivity contribution in [1.82, 2.24) is 9.71 Å². The molecule has 0 aliphatic carbocycles. The number of ether oxygens (including phenoxy) is 1. The molecule has 0 unspecified atom stereocenters. The summed E-state index contributed by atoms with van der Waals surface area (Å²) in [5, 5.41) is 0. The van der Waals surface area contributed by atoms with Crippen LogP contribution in [0.3, 0.4) is 0 Å². The van der Waals surface area contributed by atoms with Gasteiger partial charge in [-0.3, -0.25) is 9.78 Å². The molecule has 2 aromatic rings. The monoisotopic (exact) mass is 362 g/mol. The zero-order valence-corrected chi connectivity index (χ0v) is 15.3. The molecule has 1 aromatic heterocycles. The number of rotatable bonds is 6. The van der Waals surface area contributed by atoms with Crippen LogP contribution in [0.4, 0.5) is 0 Å². The van der Waals surface area contributed by atoms with E-state index in [0.29, 0.717) is 12.4 Å². The van der Waals surface area contributed by atoms with Crippen LogP contribution in [0.15, 0.2) is 48.8 Å². The predicted molar refractivity (Wildman–Crippen MR) is 95.7 cm³/mol. The first-order valence-corrected chi connectivity index (χ1v) is 9.46. The van der Waals surface area contributed by atoms with Gasteiger partial charge in [0.15, 0.2) is 0 Å². The van der Waals surface area contributed by atoms with Gasteiger partial charge >= 0.3 is 0 Å². The number of nitrogens with one attached hydrogen (secondary N) is 1. The van der Waals surface area contributed by atoms with Crippen molar-refractivity contribution in [1.29, 1.82) is 0 Å². The molecule has 0 radical (unpaired) electrons. The maximum atomic E-state index is 12.2. The van der Waals surface area contributed by atoms with Crippen LogP contribution in [0.25, 0.3) is 0 Å². The minimum Gasteiger partial charge on any atom is -0.489 e. The third-order valence-electron chi connectivity index (χ3n) is 3.10. The van der Waals surface area contributed by atoms with Crippen LogP contribution in [-0.4, -0.2) is 25.1 Å². The molecule has 1 heterocycles. The van der Waals surface area contributed by atoms with E-state index in [9.17, 15) is 13.2 Å². The van der Waals surface area contributed by atoms with Crippen molar-refractivity contribution in [2.45, 2.75) is 27.4 Å². The van der Waals surface area contributed by atoms with Crippen LogP contribution in [0.5, 0.6) is 5.75 Å². The molecule has 1 amide bonds. The second-order valence-corrected chi connectivity index (χ2v) is 8.65. The number of hydrogen-bond acceptors (Lipinski definition) is 5. The lowest BCUT2D eigenvalue weighted by Crippen LogP contribution is -2.36. The summed E-state index contributed by atoms with van der Waals surface area (Å²) in [6.07, 6.45) is 3.36. The molecule has 0 spiro atoms. The van der Waals surface area contributed by atoms with Crippen molar-refractivity contribution in [2.75, 3.05) is 5.75 Å². The number of carbonyl (C=O) groups is 1. The first-order valence-electron chi connectivity index (χ1n) is 7.81. The van der Waals surface area contributed by atoms with Gasteiger partial charge in [0.2, 0.25) is 10.0 Å². The first-order chi connectivity index (χ1) is 11.6. The fourth-order valence-corrected chi connectivity index (χ4v) is 3.80. The number of sulfonamides is 1. The largest absolute Gasteiger partial charge is 0.489 e. The molecular weight excluding hydrogens is 340 g/mol. The molecule has 0 saturated carbocycles. The van der Waals surface area contributed by atoms with Crippen molar-refractivity contribution < 1.29 is 17.9 Å². The minimum absolute atomic E-state index is 0.136. The summed E-state index contributed by atoms with van der Waals surface area (Å²) >= 11 is 0. The van der Waals surface area contributed by atoms with E-state index in [1.54, 1.807) is 51.4 Å². The van der Waals surface area contributed by atoms with Gasteiger partial charge in [-0.2, -0.15) is 0 Å². The van der Waals surface area contributed by atoms with Crippen molar-refractivity contribution >= 4 is 15.9 Å². The van der Waals surface area contributed by atoms with Gasteiger partial charge in [-0.25, -0.2) is 13.1 Å². The number of amides is 1. The van der Waals surface area contributed by atoms with E-state index < -0.39 is 21.3 Å². The Morgan fingerprint density at radius 3 is 2.60 bits per heavy atom. The zero-order chi connectivity index (χ0) is 18.5. The smallest absolute Gasteiger partial charge is 0.264 e. The molecule has 0 saturated heterocycles. The topological polar surface area (TPSA) is 85.4 Å². The summed E-state index contributed by atoms with van der Waals surface area (Å²) in [7, 11) is -3.70. The summed E-state index contributed by atoms with van der Waals surface area (Å²) in [5.74, 6) is -0.330. The molecule has 2 rings (SSSR count). The molecule has 1 aromatic carbocycles. The van der Waals surface area contributed by atoms with Crippen molar-refractivity contribution in [3.05, 3.63) is 59.9 Å². The van der Waals surface area contributed by atoms with E-state index in [1.807, 2.05) is 12.1 Å². The summed E-state index contributed by atoms with van der Waals surface area (Å²) in [6, 6.07) is 10.1. The Kier molecular flexibility index (Phi) is 5.79. The van der Waals surface area contributed by atoms with E-state index in [2.05, 4.69) is 9.71 Å². The number of nitrogens with zero attached hydrogens (tertiary/aromatic N) is 1. The highest BCUT2D eigenvalue weighted by Gasteiger charge is 2.24. The molecular formula is C18H22N2O4S. The molecule has 7 heteroatoms. The van der Waals surface area contributed by atoms with Crippen molar-refractivity contribution in [3.63, 3.8) is 0 Å². The number of aromatic nitrogens is 1. The number of pyridine rings is 1. The number of benzene rings is 1. The molecule has 0 aliphatic rings. The van der Waals surface area contributed by atoms with Crippen LogP contribution in [0, 0.1) is 5.41 Å². The second kappa shape index (κ2) is 7.65. The number of hydrogen-bond donors (Lipinski definition) is 1. The van der Waals surface area contributed by atoms with Crippen LogP contribution in [0.2, 0.25) is 0 Å². The van der Waals surface area contributed by atoms with Gasteiger partial charge in [-0.05, 0) is 29.7 Å². The Hall–Kier alpha value is -2.41. The molecule has 1 N–H and O–H groups in total. The first kappa shape index (κ1) is 18.9. The predicted octanol–water partition coefficient (Wildman–Crippen LogP) is 2.77.